The van der Waals surface area contributed by atoms with E-state index in [0.717, 1.165) is 38.9 Å². The Hall–Kier alpha value is -3.91. The molecule has 8 heteroatoms. The number of anilines is 1. The van der Waals surface area contributed by atoms with Crippen molar-refractivity contribution in [3.8, 4) is 11.3 Å². The Morgan fingerprint density at radius 2 is 1.81 bits per heavy atom. The van der Waals surface area contributed by atoms with Crippen LogP contribution in [0.4, 0.5) is 5.69 Å². The lowest BCUT2D eigenvalue weighted by molar-refractivity contribution is -0.136. The van der Waals surface area contributed by atoms with Gasteiger partial charge in [0.1, 0.15) is 12.1 Å². The van der Waals surface area contributed by atoms with Gasteiger partial charge in [-0.25, -0.2) is 4.98 Å². The van der Waals surface area contributed by atoms with E-state index in [1.807, 2.05) is 54.4 Å². The summed E-state index contributed by atoms with van der Waals surface area (Å²) < 4.78 is 5.00. The van der Waals surface area contributed by atoms with Crippen LogP contribution in [0.5, 0.6) is 0 Å². The predicted octanol–water partition coefficient (Wildman–Crippen LogP) is 4.14. The molecule has 4 aromatic rings. The van der Waals surface area contributed by atoms with E-state index in [1.54, 1.807) is 18.0 Å². The van der Waals surface area contributed by atoms with Gasteiger partial charge in [-0.1, -0.05) is 18.2 Å². The molecule has 184 valence electrons. The van der Waals surface area contributed by atoms with Crippen LogP contribution in [0.25, 0.3) is 33.2 Å². The third-order valence-corrected chi connectivity index (χ3v) is 6.79. The highest BCUT2D eigenvalue weighted by molar-refractivity contribution is 6.02. The van der Waals surface area contributed by atoms with Gasteiger partial charge in [0.25, 0.3) is 0 Å². The first-order valence-electron chi connectivity index (χ1n) is 12.1. The van der Waals surface area contributed by atoms with E-state index in [0.29, 0.717) is 31.4 Å². The minimum atomic E-state index is -0.0492. The molecule has 5 rings (SSSR count). The summed E-state index contributed by atoms with van der Waals surface area (Å²) >= 11 is 0. The Labute approximate surface area is 209 Å². The number of likely N-dealkylation sites (tertiary alicyclic amines) is 1. The number of rotatable bonds is 5. The summed E-state index contributed by atoms with van der Waals surface area (Å²) in [5, 5.41) is 1.04. The first-order chi connectivity index (χ1) is 17.5. The maximum atomic E-state index is 13.0. The number of nitrogens with zero attached hydrogens (tertiary/aromatic N) is 5. The highest BCUT2D eigenvalue weighted by Gasteiger charge is 2.31. The fourth-order valence-electron chi connectivity index (χ4n) is 5.01. The van der Waals surface area contributed by atoms with Gasteiger partial charge in [0.05, 0.1) is 22.4 Å². The van der Waals surface area contributed by atoms with Crippen molar-refractivity contribution in [2.75, 3.05) is 31.7 Å². The van der Waals surface area contributed by atoms with Crippen LogP contribution in [0.1, 0.15) is 25.3 Å². The predicted molar refractivity (Wildman–Crippen MR) is 140 cm³/mol. The summed E-state index contributed by atoms with van der Waals surface area (Å²) in [6.45, 7) is 4.79. The van der Waals surface area contributed by atoms with E-state index in [4.69, 9.17) is 9.72 Å². The standard InChI is InChI=1S/C28H29N5O3/c1-18-15-29-25-9-8-24(21-14-20-6-4-5-7-23(20)30-16-21)31-27(25)28(18)33(19(2)34)22-10-12-32(13-11-22)26(35)17-36-3/h4-9,14-16,22H,10-13,17H2,1-3H3. The number of amides is 2. The lowest BCUT2D eigenvalue weighted by Gasteiger charge is -2.38. The third-order valence-electron chi connectivity index (χ3n) is 6.79. The number of piperidine rings is 1. The van der Waals surface area contributed by atoms with Gasteiger partial charge in [0, 0.05) is 56.5 Å². The molecule has 1 aliphatic heterocycles. The van der Waals surface area contributed by atoms with E-state index >= 15 is 0 Å². The fourth-order valence-corrected chi connectivity index (χ4v) is 5.01. The molecule has 4 heterocycles. The zero-order valence-corrected chi connectivity index (χ0v) is 20.8. The van der Waals surface area contributed by atoms with Crippen LogP contribution in [-0.4, -0.2) is 64.5 Å². The molecule has 1 aromatic carbocycles. The summed E-state index contributed by atoms with van der Waals surface area (Å²) in [6, 6.07) is 13.9. The molecule has 0 unspecified atom stereocenters. The van der Waals surface area contributed by atoms with Crippen molar-refractivity contribution in [2.24, 2.45) is 0 Å². The Morgan fingerprint density at radius 1 is 1.06 bits per heavy atom. The van der Waals surface area contributed by atoms with Crippen molar-refractivity contribution in [1.82, 2.24) is 19.9 Å². The molecule has 0 N–H and O–H groups in total. The van der Waals surface area contributed by atoms with Gasteiger partial charge in [-0.3, -0.25) is 19.6 Å². The molecule has 1 saturated heterocycles. The minimum Gasteiger partial charge on any atom is -0.375 e. The van der Waals surface area contributed by atoms with Gasteiger partial charge in [-0.05, 0) is 49.6 Å². The first kappa shape index (κ1) is 23.8. The van der Waals surface area contributed by atoms with Crippen molar-refractivity contribution in [1.29, 1.82) is 0 Å². The number of methoxy groups -OCH3 is 1. The lowest BCUT2D eigenvalue weighted by atomic mass is 10.0. The van der Waals surface area contributed by atoms with Crippen LogP contribution >= 0.6 is 0 Å². The maximum Gasteiger partial charge on any atom is 0.248 e. The highest BCUT2D eigenvalue weighted by Crippen LogP contribution is 2.34. The number of ether oxygens (including phenoxy) is 1. The Kier molecular flexibility index (Phi) is 6.61. The summed E-state index contributed by atoms with van der Waals surface area (Å²) in [7, 11) is 1.52. The van der Waals surface area contributed by atoms with E-state index in [9.17, 15) is 9.59 Å². The Balaban J connectivity index is 1.54. The van der Waals surface area contributed by atoms with E-state index < -0.39 is 0 Å². The van der Waals surface area contributed by atoms with Gasteiger partial charge in [-0.2, -0.15) is 0 Å². The van der Waals surface area contributed by atoms with Crippen LogP contribution in [0.2, 0.25) is 0 Å². The summed E-state index contributed by atoms with van der Waals surface area (Å²) in [4.78, 5) is 43.1. The molecule has 0 radical (unpaired) electrons. The first-order valence-corrected chi connectivity index (χ1v) is 12.1. The molecule has 8 nitrogen and oxygen atoms in total. The molecular formula is C28H29N5O3. The second-order valence-corrected chi connectivity index (χ2v) is 9.20. The van der Waals surface area contributed by atoms with Crippen molar-refractivity contribution in [2.45, 2.75) is 32.7 Å². The zero-order valence-electron chi connectivity index (χ0n) is 20.8. The number of carbonyl (C=O) groups excluding carboxylic acids is 2. The van der Waals surface area contributed by atoms with Crippen molar-refractivity contribution >= 4 is 39.4 Å². The van der Waals surface area contributed by atoms with Crippen LogP contribution < -0.4 is 4.90 Å². The van der Waals surface area contributed by atoms with Gasteiger partial charge in [-0.15, -0.1) is 0 Å². The van der Waals surface area contributed by atoms with Crippen LogP contribution in [-0.2, 0) is 14.3 Å². The van der Waals surface area contributed by atoms with Crippen molar-refractivity contribution in [3.05, 3.63) is 60.4 Å². The topological polar surface area (TPSA) is 88.5 Å². The average Bonchev–Trinajstić information content (AvgIpc) is 2.90. The summed E-state index contributed by atoms with van der Waals surface area (Å²) in [5.74, 6) is -0.0713. The number of carbonyl (C=O) groups is 2. The molecule has 1 aliphatic rings. The molecule has 1 fully saturated rings. The molecule has 2 amide bonds. The molecule has 0 atom stereocenters. The number of pyridine rings is 3. The van der Waals surface area contributed by atoms with Gasteiger partial charge in [0.2, 0.25) is 11.8 Å². The lowest BCUT2D eigenvalue weighted by Crippen LogP contribution is -2.49. The van der Waals surface area contributed by atoms with Gasteiger partial charge in [0.15, 0.2) is 0 Å². The third kappa shape index (κ3) is 4.52. The number of hydrogen-bond donors (Lipinski definition) is 0. The van der Waals surface area contributed by atoms with Crippen molar-refractivity contribution < 1.29 is 14.3 Å². The minimum absolute atomic E-state index is 0.0221. The van der Waals surface area contributed by atoms with E-state index in [1.165, 1.54) is 7.11 Å². The number of fused-ring (bicyclic) bond motifs is 2. The smallest absolute Gasteiger partial charge is 0.248 e. The normalized spacial score (nSPS) is 14.4. The molecule has 0 spiro atoms. The second kappa shape index (κ2) is 9.99. The second-order valence-electron chi connectivity index (χ2n) is 9.20. The zero-order chi connectivity index (χ0) is 25.2. The van der Waals surface area contributed by atoms with E-state index in [-0.39, 0.29) is 24.5 Å². The van der Waals surface area contributed by atoms with E-state index in [2.05, 4.69) is 16.0 Å². The number of aryl methyl sites for hydroxylation is 1. The monoisotopic (exact) mass is 483 g/mol. The number of para-hydroxylation sites is 1. The number of hydrogen-bond acceptors (Lipinski definition) is 6. The molecular weight excluding hydrogens is 454 g/mol. The largest absolute Gasteiger partial charge is 0.375 e. The Bertz CT molecular complexity index is 1450. The fraction of sp³-hybridized carbons (Fsp3) is 0.321. The molecule has 0 aliphatic carbocycles. The van der Waals surface area contributed by atoms with Crippen LogP contribution in [0, 0.1) is 6.92 Å². The van der Waals surface area contributed by atoms with Crippen LogP contribution in [0.3, 0.4) is 0 Å². The highest BCUT2D eigenvalue weighted by atomic mass is 16.5. The number of benzene rings is 1. The maximum absolute atomic E-state index is 13.0. The molecule has 36 heavy (non-hydrogen) atoms. The number of aromatic nitrogens is 3. The van der Waals surface area contributed by atoms with Crippen molar-refractivity contribution in [3.63, 3.8) is 0 Å². The summed E-state index contributed by atoms with van der Waals surface area (Å²) in [5.41, 5.74) is 5.70. The molecule has 0 bridgehead atoms. The quantitative estimate of drug-likeness (QED) is 0.424. The van der Waals surface area contributed by atoms with Gasteiger partial charge < -0.3 is 14.5 Å². The summed E-state index contributed by atoms with van der Waals surface area (Å²) in [6.07, 6.45) is 5.00. The average molecular weight is 484 g/mol. The van der Waals surface area contributed by atoms with Crippen LogP contribution in [0.15, 0.2) is 54.9 Å². The molecule has 3 aromatic heterocycles. The Morgan fingerprint density at radius 3 is 2.56 bits per heavy atom. The van der Waals surface area contributed by atoms with Gasteiger partial charge >= 0.3 is 0 Å². The molecule has 0 saturated carbocycles. The SMILES string of the molecule is COCC(=O)N1CCC(N(C(C)=O)c2c(C)cnc3ccc(-c4cnc5ccccc5c4)nc23)CC1.